The highest BCUT2D eigenvalue weighted by Crippen LogP contribution is 2.22. The summed E-state index contributed by atoms with van der Waals surface area (Å²) in [5, 5.41) is 18.9. The molecule has 0 amide bonds. The average Bonchev–Trinajstić information content (AvgIpc) is 2.07. The molecule has 1 rings (SSSR count). The van der Waals surface area contributed by atoms with Gasteiger partial charge in [0, 0.05) is 0 Å². The van der Waals surface area contributed by atoms with Crippen LogP contribution in [0.25, 0.3) is 0 Å². The smallest absolute Gasteiger partial charge is 0.192 e. The fourth-order valence-electron chi connectivity index (χ4n) is 1.52. The minimum atomic E-state index is -1.30. The maximum absolute atomic E-state index is 11.2. The fraction of sp³-hybridized carbons (Fsp3) is 0.889. The van der Waals surface area contributed by atoms with Crippen molar-refractivity contribution in [1.82, 2.24) is 0 Å². The third-order valence-electron chi connectivity index (χ3n) is 2.37. The van der Waals surface area contributed by atoms with Gasteiger partial charge in [0.2, 0.25) is 0 Å². The molecule has 13 heavy (non-hydrogen) atoms. The zero-order valence-corrected chi connectivity index (χ0v) is 8.10. The molecule has 0 aliphatic carbocycles. The molecular weight excluding hydrogens is 172 g/mol. The molecule has 2 N–H and O–H groups in total. The molecular formula is C9H16O4. The molecule has 0 aromatic carbocycles. The number of rotatable bonds is 1. The molecule has 0 aromatic rings. The van der Waals surface area contributed by atoms with E-state index in [-0.39, 0.29) is 5.92 Å². The quantitative estimate of drug-likeness (QED) is 0.594. The van der Waals surface area contributed by atoms with Crippen LogP contribution in [0, 0.1) is 5.92 Å². The summed E-state index contributed by atoms with van der Waals surface area (Å²) in [6, 6.07) is 0. The number of ether oxygens (including phenoxy) is 1. The van der Waals surface area contributed by atoms with Crippen molar-refractivity contribution in [2.45, 2.75) is 45.2 Å². The van der Waals surface area contributed by atoms with Gasteiger partial charge in [-0.05, 0) is 12.8 Å². The first-order valence-corrected chi connectivity index (χ1v) is 4.50. The van der Waals surface area contributed by atoms with Gasteiger partial charge in [-0.25, -0.2) is 0 Å². The number of aliphatic hydroxyl groups is 2. The van der Waals surface area contributed by atoms with Crippen molar-refractivity contribution in [2.75, 3.05) is 0 Å². The maximum atomic E-state index is 11.2. The van der Waals surface area contributed by atoms with Crippen LogP contribution in [0.2, 0.25) is 0 Å². The minimum absolute atomic E-state index is 0.0835. The van der Waals surface area contributed by atoms with Gasteiger partial charge in [-0.3, -0.25) is 4.79 Å². The van der Waals surface area contributed by atoms with Gasteiger partial charge in [-0.1, -0.05) is 13.8 Å². The Kier molecular flexibility index (Phi) is 3.05. The van der Waals surface area contributed by atoms with Crippen molar-refractivity contribution in [3.8, 4) is 0 Å². The number of carbonyl (C=O) groups excluding carboxylic acids is 1. The Balaban J connectivity index is 2.76. The summed E-state index contributed by atoms with van der Waals surface area (Å²) in [5.41, 5.74) is 0. The van der Waals surface area contributed by atoms with E-state index in [1.165, 1.54) is 0 Å². The zero-order valence-electron chi connectivity index (χ0n) is 8.10. The normalized spacial score (nSPS) is 41.2. The Hall–Kier alpha value is -0.450. The molecule has 1 fully saturated rings. The van der Waals surface area contributed by atoms with Crippen LogP contribution in [-0.4, -0.2) is 40.4 Å². The highest BCUT2D eigenvalue weighted by atomic mass is 16.5. The molecule has 1 saturated heterocycles. The van der Waals surface area contributed by atoms with Gasteiger partial charge in [0.25, 0.3) is 0 Å². The van der Waals surface area contributed by atoms with Crippen LogP contribution in [0.4, 0.5) is 0 Å². The third-order valence-corrected chi connectivity index (χ3v) is 2.37. The molecule has 1 heterocycles. The van der Waals surface area contributed by atoms with Gasteiger partial charge in [-0.15, -0.1) is 0 Å². The molecule has 0 saturated carbocycles. The van der Waals surface area contributed by atoms with E-state index in [9.17, 15) is 15.0 Å². The monoisotopic (exact) mass is 188 g/mol. The topological polar surface area (TPSA) is 66.8 Å². The fourth-order valence-corrected chi connectivity index (χ4v) is 1.52. The van der Waals surface area contributed by atoms with Crippen LogP contribution >= 0.6 is 0 Å². The first-order valence-electron chi connectivity index (χ1n) is 4.50. The lowest BCUT2D eigenvalue weighted by Gasteiger charge is -2.36. The lowest BCUT2D eigenvalue weighted by molar-refractivity contribution is -0.186. The van der Waals surface area contributed by atoms with Gasteiger partial charge in [0.1, 0.15) is 18.3 Å². The summed E-state index contributed by atoms with van der Waals surface area (Å²) in [6.07, 6.45) is -3.46. The molecule has 4 heteroatoms. The second kappa shape index (κ2) is 3.74. The van der Waals surface area contributed by atoms with Crippen molar-refractivity contribution in [1.29, 1.82) is 0 Å². The summed E-state index contributed by atoms with van der Waals surface area (Å²) < 4.78 is 5.28. The number of ketones is 1. The number of Topliss-reactive ketones (excluding diaryl/α,β-unsaturated/α-hetero) is 1. The van der Waals surface area contributed by atoms with Crippen LogP contribution in [0.3, 0.4) is 0 Å². The lowest BCUT2D eigenvalue weighted by Crippen LogP contribution is -2.55. The average molecular weight is 188 g/mol. The Morgan fingerprint density at radius 3 is 2.38 bits per heavy atom. The van der Waals surface area contributed by atoms with E-state index in [1.54, 1.807) is 6.92 Å². The van der Waals surface area contributed by atoms with E-state index in [2.05, 4.69) is 0 Å². The number of aliphatic hydroxyl groups excluding tert-OH is 2. The van der Waals surface area contributed by atoms with Crippen LogP contribution in [0.5, 0.6) is 0 Å². The molecule has 0 aromatic heterocycles. The van der Waals surface area contributed by atoms with E-state index < -0.39 is 30.2 Å². The molecule has 76 valence electrons. The van der Waals surface area contributed by atoms with Gasteiger partial charge >= 0.3 is 0 Å². The molecule has 0 spiro atoms. The minimum Gasteiger partial charge on any atom is -0.387 e. The van der Waals surface area contributed by atoms with Crippen LogP contribution in [0.1, 0.15) is 20.8 Å². The second-order valence-corrected chi connectivity index (χ2v) is 3.82. The molecule has 1 aliphatic rings. The molecule has 2 unspecified atom stereocenters. The van der Waals surface area contributed by atoms with E-state index in [1.807, 2.05) is 13.8 Å². The zero-order chi connectivity index (χ0) is 10.2. The largest absolute Gasteiger partial charge is 0.387 e. The van der Waals surface area contributed by atoms with E-state index in [0.717, 1.165) is 0 Å². The Morgan fingerprint density at radius 2 is 1.92 bits per heavy atom. The SMILES string of the molecule is CC1O[C@@H](C(C)C)[C@@H](O)C(O)C1=O. The molecule has 4 nitrogen and oxygen atoms in total. The lowest BCUT2D eigenvalue weighted by atomic mass is 9.91. The second-order valence-electron chi connectivity index (χ2n) is 3.82. The molecule has 0 bridgehead atoms. The number of carbonyl (C=O) groups is 1. The summed E-state index contributed by atoms with van der Waals surface area (Å²) in [6.45, 7) is 5.35. The van der Waals surface area contributed by atoms with Crippen molar-refractivity contribution in [2.24, 2.45) is 5.92 Å². The predicted molar refractivity (Wildman–Crippen MR) is 46.2 cm³/mol. The molecule has 1 aliphatic heterocycles. The highest BCUT2D eigenvalue weighted by molar-refractivity contribution is 5.88. The van der Waals surface area contributed by atoms with Crippen LogP contribution in [0.15, 0.2) is 0 Å². The van der Waals surface area contributed by atoms with E-state index >= 15 is 0 Å². The van der Waals surface area contributed by atoms with Gasteiger partial charge < -0.3 is 14.9 Å². The first-order chi connectivity index (χ1) is 5.95. The van der Waals surface area contributed by atoms with Gasteiger partial charge in [0.05, 0.1) is 6.10 Å². The number of hydrogen-bond acceptors (Lipinski definition) is 4. The Morgan fingerprint density at radius 1 is 1.38 bits per heavy atom. The van der Waals surface area contributed by atoms with E-state index in [4.69, 9.17) is 4.74 Å². The van der Waals surface area contributed by atoms with Crippen molar-refractivity contribution in [3.05, 3.63) is 0 Å². The predicted octanol–water partition coefficient (Wildman–Crippen LogP) is -0.279. The highest BCUT2D eigenvalue weighted by Gasteiger charge is 2.42. The molecule has 4 atom stereocenters. The summed E-state index contributed by atoms with van der Waals surface area (Å²) in [7, 11) is 0. The van der Waals surface area contributed by atoms with Crippen molar-refractivity contribution >= 4 is 5.78 Å². The van der Waals surface area contributed by atoms with E-state index in [0.29, 0.717) is 0 Å². The maximum Gasteiger partial charge on any atom is 0.192 e. The molecule has 0 radical (unpaired) electrons. The first kappa shape index (κ1) is 10.6. The Labute approximate surface area is 77.5 Å². The van der Waals surface area contributed by atoms with Crippen LogP contribution < -0.4 is 0 Å². The summed E-state index contributed by atoms with van der Waals surface area (Å²) in [5.74, 6) is -0.357. The Bertz CT molecular complexity index is 202. The van der Waals surface area contributed by atoms with Gasteiger partial charge in [0.15, 0.2) is 5.78 Å². The third kappa shape index (κ3) is 1.90. The summed E-state index contributed by atoms with van der Waals surface area (Å²) >= 11 is 0. The number of hydrogen-bond donors (Lipinski definition) is 2. The van der Waals surface area contributed by atoms with Crippen LogP contribution in [-0.2, 0) is 9.53 Å². The van der Waals surface area contributed by atoms with Crippen molar-refractivity contribution in [3.63, 3.8) is 0 Å². The summed E-state index contributed by atoms with van der Waals surface area (Å²) in [4.78, 5) is 11.2. The standard InChI is InChI=1S/C9H16O4/c1-4(2)9-8(12)7(11)6(10)5(3)13-9/h4-5,7-9,11-12H,1-3H3/t5?,7?,8-,9-/m0/s1. The van der Waals surface area contributed by atoms with Gasteiger partial charge in [-0.2, -0.15) is 0 Å². The van der Waals surface area contributed by atoms with Crippen molar-refractivity contribution < 1.29 is 19.7 Å².